The molecule has 200 valence electrons. The summed E-state index contributed by atoms with van der Waals surface area (Å²) in [7, 11) is 3.16. The van der Waals surface area contributed by atoms with Gasteiger partial charge in [0.15, 0.2) is 28.1 Å². The van der Waals surface area contributed by atoms with Gasteiger partial charge in [0.05, 0.1) is 50.8 Å². The van der Waals surface area contributed by atoms with Crippen LogP contribution in [0.2, 0.25) is 0 Å². The third kappa shape index (κ3) is 5.75. The van der Waals surface area contributed by atoms with Gasteiger partial charge in [-0.15, -0.1) is 0 Å². The van der Waals surface area contributed by atoms with Crippen molar-refractivity contribution in [2.45, 2.75) is 27.3 Å². The van der Waals surface area contributed by atoms with Gasteiger partial charge in [0.2, 0.25) is 5.75 Å². The molecule has 0 aliphatic carbocycles. The van der Waals surface area contributed by atoms with Crippen molar-refractivity contribution in [2.75, 3.05) is 38.9 Å². The predicted octanol–water partition coefficient (Wildman–Crippen LogP) is 5.75. The number of carbonyl (C=O) groups excluding carboxylic acids is 1. The van der Waals surface area contributed by atoms with Gasteiger partial charge in [-0.1, -0.05) is 17.4 Å². The number of fused-ring (bicyclic) bond motifs is 1. The summed E-state index contributed by atoms with van der Waals surface area (Å²) in [4.78, 5) is 24.8. The van der Waals surface area contributed by atoms with Crippen LogP contribution in [0.4, 0.5) is 5.13 Å². The molecule has 0 saturated carbocycles. The molecule has 0 spiro atoms. The Morgan fingerprint density at radius 1 is 0.895 bits per heavy atom. The first kappa shape index (κ1) is 27.0. The Labute approximate surface area is 225 Å². The van der Waals surface area contributed by atoms with E-state index in [4.69, 9.17) is 28.7 Å². The molecule has 0 aliphatic heterocycles. The lowest BCUT2D eigenvalue weighted by Gasteiger charge is -2.22. The molecule has 4 rings (SSSR count). The molecule has 2 aromatic heterocycles. The molecular weight excluding hydrogens is 506 g/mol. The summed E-state index contributed by atoms with van der Waals surface area (Å²) in [6.45, 7) is 7.15. The van der Waals surface area contributed by atoms with Gasteiger partial charge in [0, 0.05) is 30.1 Å². The summed E-state index contributed by atoms with van der Waals surface area (Å²) in [5, 5.41) is 0.522. The standard InChI is InChI=1S/C28H31N3O6S/c1-6-35-23-12-19(13-24(36-7-2)26(23)37-8-3)27(32)31(17-18-10-9-11-29-16-18)28-30-20-14-21(33-4)22(34-5)15-25(20)38-28/h9-16H,6-8,17H2,1-5H3. The lowest BCUT2D eigenvalue weighted by molar-refractivity contribution is 0.0984. The van der Waals surface area contributed by atoms with Gasteiger partial charge in [0.25, 0.3) is 5.91 Å². The molecule has 0 bridgehead atoms. The summed E-state index contributed by atoms with van der Waals surface area (Å²) >= 11 is 1.39. The van der Waals surface area contributed by atoms with Crippen LogP contribution in [0.5, 0.6) is 28.7 Å². The Kier molecular flexibility index (Phi) is 8.85. The first-order valence-corrected chi connectivity index (χ1v) is 13.1. The van der Waals surface area contributed by atoms with Gasteiger partial charge in [-0.3, -0.25) is 14.7 Å². The number of hydrogen-bond donors (Lipinski definition) is 0. The van der Waals surface area contributed by atoms with E-state index < -0.39 is 0 Å². The Balaban J connectivity index is 1.83. The van der Waals surface area contributed by atoms with Crippen LogP contribution in [0.3, 0.4) is 0 Å². The summed E-state index contributed by atoms with van der Waals surface area (Å²) in [5.41, 5.74) is 1.94. The molecule has 1 amide bonds. The molecule has 0 unspecified atom stereocenters. The lowest BCUT2D eigenvalue weighted by Crippen LogP contribution is -2.30. The highest BCUT2D eigenvalue weighted by Gasteiger charge is 2.26. The quantitative estimate of drug-likeness (QED) is 0.226. The van der Waals surface area contributed by atoms with E-state index in [-0.39, 0.29) is 12.5 Å². The number of ether oxygens (including phenoxy) is 5. The van der Waals surface area contributed by atoms with E-state index in [1.807, 2.05) is 39.0 Å². The van der Waals surface area contributed by atoms with E-state index in [9.17, 15) is 4.79 Å². The fraction of sp³-hybridized carbons (Fsp3) is 0.321. The fourth-order valence-electron chi connectivity index (χ4n) is 3.93. The molecule has 0 atom stereocenters. The smallest absolute Gasteiger partial charge is 0.260 e. The molecule has 0 N–H and O–H groups in total. The summed E-state index contributed by atoms with van der Waals surface area (Å²) in [6.07, 6.45) is 3.43. The van der Waals surface area contributed by atoms with Gasteiger partial charge in [-0.2, -0.15) is 0 Å². The van der Waals surface area contributed by atoms with Gasteiger partial charge in [-0.05, 0) is 44.5 Å². The number of methoxy groups -OCH3 is 2. The molecule has 2 aromatic carbocycles. The number of anilines is 1. The van der Waals surface area contributed by atoms with Crippen LogP contribution in [0.15, 0.2) is 48.8 Å². The highest BCUT2D eigenvalue weighted by Crippen LogP contribution is 2.41. The minimum absolute atomic E-state index is 0.266. The van der Waals surface area contributed by atoms with Crippen molar-refractivity contribution in [2.24, 2.45) is 0 Å². The second-order valence-corrected chi connectivity index (χ2v) is 9.03. The van der Waals surface area contributed by atoms with Crippen molar-refractivity contribution in [1.82, 2.24) is 9.97 Å². The van der Waals surface area contributed by atoms with Crippen molar-refractivity contribution < 1.29 is 28.5 Å². The number of carbonyl (C=O) groups is 1. The number of benzene rings is 2. The zero-order chi connectivity index (χ0) is 27.1. The van der Waals surface area contributed by atoms with E-state index in [1.54, 1.807) is 49.7 Å². The Morgan fingerprint density at radius 3 is 2.13 bits per heavy atom. The molecule has 0 fully saturated rings. The SMILES string of the molecule is CCOc1cc(C(=O)N(Cc2cccnc2)c2nc3cc(OC)c(OC)cc3s2)cc(OCC)c1OCC. The molecule has 2 heterocycles. The van der Waals surface area contributed by atoms with Gasteiger partial charge in [-0.25, -0.2) is 4.98 Å². The highest BCUT2D eigenvalue weighted by molar-refractivity contribution is 7.22. The molecule has 0 saturated heterocycles. The van der Waals surface area contributed by atoms with Crippen LogP contribution in [0.25, 0.3) is 10.2 Å². The summed E-state index contributed by atoms with van der Waals surface area (Å²) in [6, 6.07) is 10.8. The van der Waals surface area contributed by atoms with E-state index in [1.165, 1.54) is 11.3 Å². The highest BCUT2D eigenvalue weighted by atomic mass is 32.1. The van der Waals surface area contributed by atoms with Crippen molar-refractivity contribution >= 4 is 32.6 Å². The maximum Gasteiger partial charge on any atom is 0.260 e. The predicted molar refractivity (Wildman–Crippen MR) is 147 cm³/mol. The number of nitrogens with zero attached hydrogens (tertiary/aromatic N) is 3. The van der Waals surface area contributed by atoms with E-state index in [0.29, 0.717) is 64.8 Å². The van der Waals surface area contributed by atoms with Crippen LogP contribution in [-0.4, -0.2) is 49.9 Å². The Hall–Kier alpha value is -4.05. The maximum atomic E-state index is 14.1. The van der Waals surface area contributed by atoms with Crippen molar-refractivity contribution in [3.05, 3.63) is 59.9 Å². The van der Waals surface area contributed by atoms with Crippen LogP contribution < -0.4 is 28.6 Å². The first-order valence-electron chi connectivity index (χ1n) is 12.3. The number of hydrogen-bond acceptors (Lipinski definition) is 9. The van der Waals surface area contributed by atoms with Crippen LogP contribution >= 0.6 is 11.3 Å². The topological polar surface area (TPSA) is 92.2 Å². The van der Waals surface area contributed by atoms with Gasteiger partial charge in [0.1, 0.15) is 0 Å². The van der Waals surface area contributed by atoms with Gasteiger partial charge >= 0.3 is 0 Å². The Bertz CT molecular complexity index is 1320. The summed E-state index contributed by atoms with van der Waals surface area (Å²) in [5.74, 6) is 2.26. The average Bonchev–Trinajstić information content (AvgIpc) is 3.35. The van der Waals surface area contributed by atoms with Crippen molar-refractivity contribution in [3.63, 3.8) is 0 Å². The number of amides is 1. The monoisotopic (exact) mass is 537 g/mol. The number of thiazole rings is 1. The number of rotatable bonds is 12. The summed E-state index contributed by atoms with van der Waals surface area (Å²) < 4.78 is 29.3. The molecular formula is C28H31N3O6S. The third-order valence-electron chi connectivity index (χ3n) is 5.58. The lowest BCUT2D eigenvalue weighted by atomic mass is 10.1. The van der Waals surface area contributed by atoms with Crippen LogP contribution in [0.1, 0.15) is 36.7 Å². The zero-order valence-electron chi connectivity index (χ0n) is 22.1. The normalized spacial score (nSPS) is 10.8. The molecule has 4 aromatic rings. The minimum atomic E-state index is -0.267. The molecule has 38 heavy (non-hydrogen) atoms. The maximum absolute atomic E-state index is 14.1. The first-order chi connectivity index (χ1) is 18.5. The second-order valence-electron chi connectivity index (χ2n) is 8.02. The molecule has 0 radical (unpaired) electrons. The fourth-order valence-corrected chi connectivity index (χ4v) is 4.90. The zero-order valence-corrected chi connectivity index (χ0v) is 23.0. The average molecular weight is 538 g/mol. The van der Waals surface area contributed by atoms with Crippen LogP contribution in [0, 0.1) is 0 Å². The number of pyridine rings is 1. The Morgan fingerprint density at radius 2 is 1.55 bits per heavy atom. The van der Waals surface area contributed by atoms with Crippen molar-refractivity contribution in [1.29, 1.82) is 0 Å². The van der Waals surface area contributed by atoms with E-state index in [2.05, 4.69) is 4.98 Å². The van der Waals surface area contributed by atoms with Gasteiger partial charge < -0.3 is 23.7 Å². The molecule has 9 nitrogen and oxygen atoms in total. The van der Waals surface area contributed by atoms with E-state index >= 15 is 0 Å². The molecule has 0 aliphatic rings. The third-order valence-corrected chi connectivity index (χ3v) is 6.62. The molecule has 10 heteroatoms. The minimum Gasteiger partial charge on any atom is -0.493 e. The van der Waals surface area contributed by atoms with Crippen molar-refractivity contribution in [3.8, 4) is 28.7 Å². The largest absolute Gasteiger partial charge is 0.493 e. The number of aromatic nitrogens is 2. The van der Waals surface area contributed by atoms with E-state index in [0.717, 1.165) is 10.3 Å². The second kappa shape index (κ2) is 12.5. The van der Waals surface area contributed by atoms with Crippen LogP contribution in [-0.2, 0) is 6.54 Å².